The number of rotatable bonds is 4. The standard InChI is InChI=1S/C21H24N2O2/c1-17-6-3-4-9-20(17)22-12-14-23(15-13-22)21(24)11-10-18-7-5-8-19(16-18)25-2/h3-11,16H,12-15H2,1-2H3/b11-10+. The third-order valence-corrected chi connectivity index (χ3v) is 4.56. The summed E-state index contributed by atoms with van der Waals surface area (Å²) in [7, 11) is 1.64. The second-order valence-corrected chi connectivity index (χ2v) is 6.21. The summed E-state index contributed by atoms with van der Waals surface area (Å²) in [4.78, 5) is 16.7. The molecule has 2 aromatic carbocycles. The zero-order chi connectivity index (χ0) is 17.6. The molecule has 0 radical (unpaired) electrons. The van der Waals surface area contributed by atoms with Crippen LogP contribution in [0, 0.1) is 6.92 Å². The molecular formula is C21H24N2O2. The molecule has 0 aromatic heterocycles. The van der Waals surface area contributed by atoms with Crippen LogP contribution in [0.5, 0.6) is 5.75 Å². The van der Waals surface area contributed by atoms with E-state index >= 15 is 0 Å². The Morgan fingerprint density at radius 2 is 1.80 bits per heavy atom. The lowest BCUT2D eigenvalue weighted by Crippen LogP contribution is -2.48. The monoisotopic (exact) mass is 336 g/mol. The number of hydrogen-bond donors (Lipinski definition) is 0. The number of piperazine rings is 1. The van der Waals surface area contributed by atoms with Crippen molar-refractivity contribution in [3.8, 4) is 5.75 Å². The van der Waals surface area contributed by atoms with Gasteiger partial charge >= 0.3 is 0 Å². The number of aryl methyl sites for hydroxylation is 1. The van der Waals surface area contributed by atoms with Crippen molar-refractivity contribution >= 4 is 17.7 Å². The predicted octanol–water partition coefficient (Wildman–Crippen LogP) is 3.37. The van der Waals surface area contributed by atoms with E-state index in [0.717, 1.165) is 37.5 Å². The van der Waals surface area contributed by atoms with Crippen LogP contribution < -0.4 is 9.64 Å². The zero-order valence-electron chi connectivity index (χ0n) is 14.8. The first-order valence-corrected chi connectivity index (χ1v) is 8.59. The Balaban J connectivity index is 1.58. The Kier molecular flexibility index (Phi) is 5.39. The minimum absolute atomic E-state index is 0.0623. The third kappa shape index (κ3) is 4.21. The van der Waals surface area contributed by atoms with Gasteiger partial charge in [-0.25, -0.2) is 0 Å². The van der Waals surface area contributed by atoms with Gasteiger partial charge < -0.3 is 14.5 Å². The van der Waals surface area contributed by atoms with Crippen LogP contribution in [0.2, 0.25) is 0 Å². The van der Waals surface area contributed by atoms with Crippen molar-refractivity contribution < 1.29 is 9.53 Å². The van der Waals surface area contributed by atoms with Gasteiger partial charge in [0.2, 0.25) is 5.91 Å². The molecule has 0 atom stereocenters. The van der Waals surface area contributed by atoms with Crippen LogP contribution in [-0.2, 0) is 4.79 Å². The molecule has 1 saturated heterocycles. The lowest BCUT2D eigenvalue weighted by atomic mass is 10.1. The van der Waals surface area contributed by atoms with Gasteiger partial charge in [0.05, 0.1) is 7.11 Å². The maximum Gasteiger partial charge on any atom is 0.246 e. The number of nitrogens with zero attached hydrogens (tertiary/aromatic N) is 2. The average Bonchev–Trinajstić information content (AvgIpc) is 2.67. The molecule has 25 heavy (non-hydrogen) atoms. The fourth-order valence-corrected chi connectivity index (χ4v) is 3.10. The molecule has 0 saturated carbocycles. The first-order valence-electron chi connectivity index (χ1n) is 8.59. The Bertz CT molecular complexity index is 762. The van der Waals surface area contributed by atoms with Gasteiger partial charge in [-0.1, -0.05) is 30.3 Å². The minimum Gasteiger partial charge on any atom is -0.497 e. The quantitative estimate of drug-likeness (QED) is 0.803. The van der Waals surface area contributed by atoms with Gasteiger partial charge in [0.25, 0.3) is 0 Å². The summed E-state index contributed by atoms with van der Waals surface area (Å²) in [5, 5.41) is 0. The molecule has 2 aromatic rings. The van der Waals surface area contributed by atoms with E-state index in [1.54, 1.807) is 13.2 Å². The smallest absolute Gasteiger partial charge is 0.246 e. The summed E-state index contributed by atoms with van der Waals surface area (Å²) < 4.78 is 5.21. The van der Waals surface area contributed by atoms with E-state index in [9.17, 15) is 4.79 Å². The molecule has 0 N–H and O–H groups in total. The number of anilines is 1. The van der Waals surface area contributed by atoms with Crippen LogP contribution in [0.25, 0.3) is 6.08 Å². The van der Waals surface area contributed by atoms with Crippen LogP contribution in [0.3, 0.4) is 0 Å². The average molecular weight is 336 g/mol. The molecular weight excluding hydrogens is 312 g/mol. The highest BCUT2D eigenvalue weighted by Gasteiger charge is 2.20. The van der Waals surface area contributed by atoms with E-state index in [0.29, 0.717) is 0 Å². The summed E-state index contributed by atoms with van der Waals surface area (Å²) in [6.45, 7) is 5.35. The number of methoxy groups -OCH3 is 1. The third-order valence-electron chi connectivity index (χ3n) is 4.56. The van der Waals surface area contributed by atoms with Gasteiger partial charge in [-0.3, -0.25) is 4.79 Å². The van der Waals surface area contributed by atoms with Crippen molar-refractivity contribution in [2.45, 2.75) is 6.92 Å². The summed E-state index contributed by atoms with van der Waals surface area (Å²) in [6.07, 6.45) is 3.50. The molecule has 1 amide bonds. The summed E-state index contributed by atoms with van der Waals surface area (Å²) >= 11 is 0. The Morgan fingerprint density at radius 1 is 1.04 bits per heavy atom. The SMILES string of the molecule is COc1cccc(/C=C/C(=O)N2CCN(c3ccccc3C)CC2)c1. The highest BCUT2D eigenvalue weighted by molar-refractivity contribution is 5.92. The largest absolute Gasteiger partial charge is 0.497 e. The molecule has 4 heteroatoms. The predicted molar refractivity (Wildman–Crippen MR) is 102 cm³/mol. The highest BCUT2D eigenvalue weighted by atomic mass is 16.5. The molecule has 130 valence electrons. The molecule has 0 aliphatic carbocycles. The number of amides is 1. The summed E-state index contributed by atoms with van der Waals surface area (Å²) in [5.41, 5.74) is 3.51. The summed E-state index contributed by atoms with van der Waals surface area (Å²) in [5.74, 6) is 0.855. The van der Waals surface area contributed by atoms with E-state index in [2.05, 4.69) is 36.1 Å². The fraction of sp³-hybridized carbons (Fsp3) is 0.286. The molecule has 3 rings (SSSR count). The maximum absolute atomic E-state index is 12.4. The molecule has 0 unspecified atom stereocenters. The normalized spacial score (nSPS) is 14.8. The van der Waals surface area contributed by atoms with Gasteiger partial charge in [0, 0.05) is 37.9 Å². The van der Waals surface area contributed by atoms with E-state index in [1.807, 2.05) is 35.2 Å². The van der Waals surface area contributed by atoms with Crippen LogP contribution in [-0.4, -0.2) is 44.1 Å². The van der Waals surface area contributed by atoms with Crippen LogP contribution >= 0.6 is 0 Å². The zero-order valence-corrected chi connectivity index (χ0v) is 14.8. The van der Waals surface area contributed by atoms with Crippen molar-refractivity contribution in [1.82, 2.24) is 4.90 Å². The summed E-state index contributed by atoms with van der Waals surface area (Å²) in [6, 6.07) is 16.1. The Hall–Kier alpha value is -2.75. The van der Waals surface area contributed by atoms with Crippen molar-refractivity contribution in [3.63, 3.8) is 0 Å². The molecule has 1 aliphatic heterocycles. The molecule has 1 aliphatic rings. The fourth-order valence-electron chi connectivity index (χ4n) is 3.10. The maximum atomic E-state index is 12.4. The second-order valence-electron chi connectivity index (χ2n) is 6.21. The Labute approximate surface area is 149 Å². The number of carbonyl (C=O) groups excluding carboxylic acids is 1. The molecule has 1 fully saturated rings. The number of hydrogen-bond acceptors (Lipinski definition) is 3. The first kappa shape index (κ1) is 17.1. The number of ether oxygens (including phenoxy) is 1. The molecule has 4 nitrogen and oxygen atoms in total. The van der Waals surface area contributed by atoms with Crippen molar-refractivity contribution in [2.24, 2.45) is 0 Å². The van der Waals surface area contributed by atoms with Crippen molar-refractivity contribution in [2.75, 3.05) is 38.2 Å². The molecule has 1 heterocycles. The Morgan fingerprint density at radius 3 is 2.52 bits per heavy atom. The van der Waals surface area contributed by atoms with E-state index in [-0.39, 0.29) is 5.91 Å². The number of benzene rings is 2. The minimum atomic E-state index is 0.0623. The van der Waals surface area contributed by atoms with Crippen LogP contribution in [0.4, 0.5) is 5.69 Å². The number of carbonyl (C=O) groups is 1. The van der Waals surface area contributed by atoms with E-state index in [1.165, 1.54) is 11.3 Å². The van der Waals surface area contributed by atoms with Crippen molar-refractivity contribution in [1.29, 1.82) is 0 Å². The lowest BCUT2D eigenvalue weighted by Gasteiger charge is -2.36. The van der Waals surface area contributed by atoms with Crippen LogP contribution in [0.15, 0.2) is 54.6 Å². The lowest BCUT2D eigenvalue weighted by molar-refractivity contribution is -0.126. The van der Waals surface area contributed by atoms with E-state index in [4.69, 9.17) is 4.74 Å². The van der Waals surface area contributed by atoms with Gasteiger partial charge in [0.15, 0.2) is 0 Å². The topological polar surface area (TPSA) is 32.8 Å². The second kappa shape index (κ2) is 7.88. The molecule has 0 bridgehead atoms. The van der Waals surface area contributed by atoms with Gasteiger partial charge in [-0.05, 0) is 42.3 Å². The first-order chi connectivity index (χ1) is 12.2. The van der Waals surface area contributed by atoms with E-state index < -0.39 is 0 Å². The van der Waals surface area contributed by atoms with Gasteiger partial charge in [-0.15, -0.1) is 0 Å². The molecule has 0 spiro atoms. The van der Waals surface area contributed by atoms with Crippen LogP contribution in [0.1, 0.15) is 11.1 Å². The van der Waals surface area contributed by atoms with Crippen molar-refractivity contribution in [3.05, 3.63) is 65.7 Å². The number of para-hydroxylation sites is 1. The van der Waals surface area contributed by atoms with Gasteiger partial charge in [0.1, 0.15) is 5.75 Å². The van der Waals surface area contributed by atoms with Gasteiger partial charge in [-0.2, -0.15) is 0 Å². The highest BCUT2D eigenvalue weighted by Crippen LogP contribution is 2.21.